The Morgan fingerprint density at radius 1 is 1.10 bits per heavy atom. The number of hydrogen-bond acceptors (Lipinski definition) is 5. The third kappa shape index (κ3) is 6.18. The summed E-state index contributed by atoms with van der Waals surface area (Å²) >= 11 is 0. The van der Waals surface area contributed by atoms with Gasteiger partial charge in [-0.05, 0) is 61.4 Å². The minimum absolute atomic E-state index is 0.00528. The number of carbonyl (C=O) groups is 1. The third-order valence-corrected chi connectivity index (χ3v) is 5.74. The van der Waals surface area contributed by atoms with Crippen molar-refractivity contribution >= 4 is 21.6 Å². The quantitative estimate of drug-likeness (QED) is 0.684. The second-order valence-electron chi connectivity index (χ2n) is 6.54. The predicted molar refractivity (Wildman–Crippen MR) is 102 cm³/mol. The molecule has 1 fully saturated rings. The summed E-state index contributed by atoms with van der Waals surface area (Å²) in [5.74, 6) is -0.957. The Morgan fingerprint density at radius 2 is 1.77 bits per heavy atom. The van der Waals surface area contributed by atoms with E-state index in [1.807, 2.05) is 0 Å². The molecule has 3 rings (SSSR count). The van der Waals surface area contributed by atoms with Crippen molar-refractivity contribution in [2.24, 2.45) is 0 Å². The molecule has 7 nitrogen and oxygen atoms in total. The van der Waals surface area contributed by atoms with Crippen LogP contribution in [0.4, 0.5) is 18.9 Å². The Balaban J connectivity index is 1.59. The van der Waals surface area contributed by atoms with Crippen LogP contribution in [0.25, 0.3) is 0 Å². The highest BCUT2D eigenvalue weighted by Crippen LogP contribution is 2.24. The number of benzene rings is 2. The lowest BCUT2D eigenvalue weighted by Gasteiger charge is -2.12. The van der Waals surface area contributed by atoms with Crippen molar-refractivity contribution in [3.63, 3.8) is 0 Å². The van der Waals surface area contributed by atoms with Crippen molar-refractivity contribution in [3.8, 4) is 5.75 Å². The van der Waals surface area contributed by atoms with Crippen molar-refractivity contribution in [2.75, 3.05) is 18.5 Å². The fraction of sp³-hybridized carbons (Fsp3) is 0.316. The van der Waals surface area contributed by atoms with Crippen LogP contribution < -0.4 is 14.8 Å². The van der Waals surface area contributed by atoms with Gasteiger partial charge in [0.1, 0.15) is 5.75 Å². The van der Waals surface area contributed by atoms with E-state index >= 15 is 0 Å². The van der Waals surface area contributed by atoms with Crippen LogP contribution in [0.1, 0.15) is 23.2 Å². The van der Waals surface area contributed by atoms with Gasteiger partial charge in [-0.15, -0.1) is 13.2 Å². The number of ether oxygens (including phenoxy) is 2. The first-order valence-electron chi connectivity index (χ1n) is 9.01. The molecule has 1 atom stereocenters. The first-order valence-corrected chi connectivity index (χ1v) is 10.5. The minimum Gasteiger partial charge on any atom is -0.406 e. The first-order chi connectivity index (χ1) is 14.1. The first kappa shape index (κ1) is 22.1. The largest absolute Gasteiger partial charge is 0.573 e. The summed E-state index contributed by atoms with van der Waals surface area (Å²) in [5, 5.41) is 2.51. The highest BCUT2D eigenvalue weighted by atomic mass is 32.2. The monoisotopic (exact) mass is 444 g/mol. The highest BCUT2D eigenvalue weighted by Gasteiger charge is 2.31. The summed E-state index contributed by atoms with van der Waals surface area (Å²) in [7, 11) is -3.74. The van der Waals surface area contributed by atoms with Crippen molar-refractivity contribution in [1.82, 2.24) is 4.72 Å². The van der Waals surface area contributed by atoms with E-state index in [1.165, 1.54) is 36.4 Å². The van der Waals surface area contributed by atoms with E-state index in [0.29, 0.717) is 6.61 Å². The molecule has 1 heterocycles. The fourth-order valence-electron chi connectivity index (χ4n) is 2.82. The van der Waals surface area contributed by atoms with Gasteiger partial charge in [-0.25, -0.2) is 13.1 Å². The second-order valence-corrected chi connectivity index (χ2v) is 8.30. The molecular formula is C19H19F3N2O5S. The lowest BCUT2D eigenvalue weighted by atomic mass is 10.2. The number of hydrogen-bond donors (Lipinski definition) is 2. The smallest absolute Gasteiger partial charge is 0.406 e. The molecule has 0 saturated carbocycles. The molecule has 0 spiro atoms. The van der Waals surface area contributed by atoms with Crippen LogP contribution in [0, 0.1) is 0 Å². The molecular weight excluding hydrogens is 425 g/mol. The maximum atomic E-state index is 12.3. The lowest BCUT2D eigenvalue weighted by Crippen LogP contribution is -2.31. The molecule has 0 bridgehead atoms. The fourth-order valence-corrected chi connectivity index (χ4v) is 3.89. The molecule has 2 aromatic carbocycles. The summed E-state index contributed by atoms with van der Waals surface area (Å²) in [6, 6.07) is 9.94. The number of nitrogens with one attached hydrogen (secondary N) is 2. The molecule has 1 amide bonds. The molecule has 1 saturated heterocycles. The van der Waals surface area contributed by atoms with E-state index in [0.717, 1.165) is 25.0 Å². The standard InChI is InChI=1S/C19H19F3N2O5S/c20-19(21,22)29-15-7-5-14(6-8-15)24-18(25)13-3-9-17(10-4-13)30(26,27)23-12-16-2-1-11-28-16/h3-10,16,23H,1-2,11-12H2,(H,24,25)/t16-/m0/s1. The van der Waals surface area contributed by atoms with Gasteiger partial charge < -0.3 is 14.8 Å². The Kier molecular flexibility index (Phi) is 6.64. The van der Waals surface area contributed by atoms with Crippen LogP contribution in [0.2, 0.25) is 0 Å². The van der Waals surface area contributed by atoms with Gasteiger partial charge in [0.2, 0.25) is 10.0 Å². The van der Waals surface area contributed by atoms with Gasteiger partial charge in [-0.3, -0.25) is 4.79 Å². The molecule has 162 valence electrons. The van der Waals surface area contributed by atoms with Gasteiger partial charge in [0.05, 0.1) is 11.0 Å². The maximum absolute atomic E-state index is 12.3. The Bertz CT molecular complexity index is 971. The van der Waals surface area contributed by atoms with E-state index in [9.17, 15) is 26.4 Å². The summed E-state index contributed by atoms with van der Waals surface area (Å²) < 4.78 is 72.8. The van der Waals surface area contributed by atoms with Crippen molar-refractivity contribution in [1.29, 1.82) is 0 Å². The van der Waals surface area contributed by atoms with E-state index in [4.69, 9.17) is 4.74 Å². The van der Waals surface area contributed by atoms with Crippen LogP contribution >= 0.6 is 0 Å². The topological polar surface area (TPSA) is 93.7 Å². The van der Waals surface area contributed by atoms with E-state index < -0.39 is 28.0 Å². The average molecular weight is 444 g/mol. The minimum atomic E-state index is -4.80. The molecule has 1 aliphatic heterocycles. The third-order valence-electron chi connectivity index (χ3n) is 4.30. The number of alkyl halides is 3. The predicted octanol–water partition coefficient (Wildman–Crippen LogP) is 3.29. The van der Waals surface area contributed by atoms with Crippen LogP contribution in [-0.2, 0) is 14.8 Å². The molecule has 30 heavy (non-hydrogen) atoms. The number of carbonyl (C=O) groups excluding carboxylic acids is 1. The number of anilines is 1. The highest BCUT2D eigenvalue weighted by molar-refractivity contribution is 7.89. The van der Waals surface area contributed by atoms with Crippen LogP contribution in [-0.4, -0.2) is 39.9 Å². The number of sulfonamides is 1. The number of amides is 1. The SMILES string of the molecule is O=C(Nc1ccc(OC(F)(F)F)cc1)c1ccc(S(=O)(=O)NC[C@@H]2CCCO2)cc1. The van der Waals surface area contributed by atoms with Crippen LogP contribution in [0.3, 0.4) is 0 Å². The van der Waals surface area contributed by atoms with E-state index in [-0.39, 0.29) is 28.8 Å². The van der Waals surface area contributed by atoms with Gasteiger partial charge in [-0.2, -0.15) is 0 Å². The normalized spacial score (nSPS) is 17.0. The Morgan fingerprint density at radius 3 is 2.33 bits per heavy atom. The van der Waals surface area contributed by atoms with E-state index in [2.05, 4.69) is 14.8 Å². The average Bonchev–Trinajstić information content (AvgIpc) is 3.21. The van der Waals surface area contributed by atoms with Gasteiger partial charge in [0.25, 0.3) is 5.91 Å². The molecule has 0 radical (unpaired) electrons. The van der Waals surface area contributed by atoms with Crippen molar-refractivity contribution in [3.05, 3.63) is 54.1 Å². The van der Waals surface area contributed by atoms with E-state index in [1.54, 1.807) is 0 Å². The summed E-state index contributed by atoms with van der Waals surface area (Å²) in [5.41, 5.74) is 0.438. The van der Waals surface area contributed by atoms with Crippen LogP contribution in [0.15, 0.2) is 53.4 Å². The molecule has 2 N–H and O–H groups in total. The molecule has 1 aliphatic rings. The van der Waals surface area contributed by atoms with Crippen molar-refractivity contribution in [2.45, 2.75) is 30.2 Å². The number of rotatable bonds is 7. The molecule has 0 aromatic heterocycles. The zero-order chi connectivity index (χ0) is 21.8. The summed E-state index contributed by atoms with van der Waals surface area (Å²) in [4.78, 5) is 12.3. The Hall–Kier alpha value is -2.63. The number of halogens is 3. The molecule has 2 aromatic rings. The van der Waals surface area contributed by atoms with Gasteiger partial charge in [0.15, 0.2) is 0 Å². The summed E-state index contributed by atoms with van der Waals surface area (Å²) in [6.07, 6.45) is -3.25. The molecule has 0 unspecified atom stereocenters. The lowest BCUT2D eigenvalue weighted by molar-refractivity contribution is -0.274. The Labute approximate surface area is 171 Å². The second kappa shape index (κ2) is 9.02. The maximum Gasteiger partial charge on any atom is 0.573 e. The molecule has 11 heteroatoms. The van der Waals surface area contributed by atoms with Gasteiger partial charge >= 0.3 is 6.36 Å². The van der Waals surface area contributed by atoms with Gasteiger partial charge in [0, 0.05) is 24.4 Å². The zero-order valence-electron chi connectivity index (χ0n) is 15.6. The van der Waals surface area contributed by atoms with Crippen molar-refractivity contribution < 1.29 is 35.9 Å². The zero-order valence-corrected chi connectivity index (χ0v) is 16.4. The van der Waals surface area contributed by atoms with Gasteiger partial charge in [-0.1, -0.05) is 0 Å². The summed E-state index contributed by atoms with van der Waals surface area (Å²) in [6.45, 7) is 0.799. The van der Waals surface area contributed by atoms with Crippen LogP contribution in [0.5, 0.6) is 5.75 Å². The molecule has 0 aliphatic carbocycles.